The molecule has 6 nitrogen and oxygen atoms in total. The van der Waals surface area contributed by atoms with Crippen molar-refractivity contribution >= 4 is 22.6 Å². The number of guanidine groups is 1. The van der Waals surface area contributed by atoms with E-state index in [1.165, 1.54) is 11.5 Å². The van der Waals surface area contributed by atoms with Crippen molar-refractivity contribution in [2.24, 2.45) is 4.99 Å². The predicted octanol–water partition coefficient (Wildman–Crippen LogP) is 2.67. The van der Waals surface area contributed by atoms with Gasteiger partial charge in [0.05, 0.1) is 0 Å². The van der Waals surface area contributed by atoms with Crippen molar-refractivity contribution in [1.82, 2.24) is 19.6 Å². The normalized spacial score (nSPS) is 19.0. The highest BCUT2D eigenvalue weighted by molar-refractivity contribution is 7.09. The van der Waals surface area contributed by atoms with Gasteiger partial charge in [0.25, 0.3) is 0 Å². The van der Waals surface area contributed by atoms with Crippen LogP contribution in [0.1, 0.15) is 31.2 Å². The Hall–Kier alpha value is -2.22. The molecule has 2 heterocycles. The van der Waals surface area contributed by atoms with Gasteiger partial charge in [-0.15, -0.1) is 0 Å². The molecule has 0 spiro atoms. The summed E-state index contributed by atoms with van der Waals surface area (Å²) >= 11 is 1.48. The first-order valence-electron chi connectivity index (χ1n) is 9.93. The number of aliphatic imine (C=N–C) groups is 1. The molecule has 1 saturated carbocycles. The Morgan fingerprint density at radius 1 is 1.25 bits per heavy atom. The maximum atomic E-state index is 14.2. The molecule has 2 aliphatic rings. The summed E-state index contributed by atoms with van der Waals surface area (Å²) in [5.41, 5.74) is 0.734. The van der Waals surface area contributed by atoms with Gasteiger partial charge in [-0.1, -0.05) is 25.1 Å². The lowest BCUT2D eigenvalue weighted by molar-refractivity contribution is 0.370. The fourth-order valence-corrected chi connectivity index (χ4v) is 4.59. The van der Waals surface area contributed by atoms with Gasteiger partial charge in [0.1, 0.15) is 11.6 Å². The molecule has 1 aliphatic carbocycles. The van der Waals surface area contributed by atoms with E-state index in [4.69, 9.17) is 0 Å². The molecule has 28 heavy (non-hydrogen) atoms. The number of aromatic nitrogens is 2. The minimum absolute atomic E-state index is 0.0911. The van der Waals surface area contributed by atoms with E-state index >= 15 is 0 Å². The van der Waals surface area contributed by atoms with Crippen molar-refractivity contribution < 1.29 is 4.39 Å². The van der Waals surface area contributed by atoms with Crippen LogP contribution in [0.15, 0.2) is 29.3 Å². The van der Waals surface area contributed by atoms with Gasteiger partial charge in [-0.2, -0.15) is 4.37 Å². The molecule has 1 saturated heterocycles. The summed E-state index contributed by atoms with van der Waals surface area (Å²) in [4.78, 5) is 13.6. The summed E-state index contributed by atoms with van der Waals surface area (Å²) in [7, 11) is 1.82. The first-order valence-corrected chi connectivity index (χ1v) is 10.7. The minimum Gasteiger partial charge on any atom is -0.355 e. The molecule has 2 aromatic rings. The van der Waals surface area contributed by atoms with Gasteiger partial charge in [-0.25, -0.2) is 9.37 Å². The molecule has 4 rings (SSSR count). The number of nitrogens with one attached hydrogen (secondary N) is 1. The highest BCUT2D eigenvalue weighted by atomic mass is 32.1. The topological polar surface area (TPSA) is 56.7 Å². The molecule has 0 amide bonds. The van der Waals surface area contributed by atoms with Gasteiger partial charge in [0.2, 0.25) is 5.13 Å². The summed E-state index contributed by atoms with van der Waals surface area (Å²) in [5.74, 6) is 1.71. The van der Waals surface area contributed by atoms with Crippen molar-refractivity contribution in [2.75, 3.05) is 44.7 Å². The molecule has 1 N–H and O–H groups in total. The molecule has 150 valence electrons. The molecular weight excluding hydrogens is 375 g/mol. The molecule has 0 unspecified atom stereocenters. The van der Waals surface area contributed by atoms with E-state index in [9.17, 15) is 4.39 Å². The monoisotopic (exact) mass is 402 g/mol. The van der Waals surface area contributed by atoms with Gasteiger partial charge >= 0.3 is 0 Å². The van der Waals surface area contributed by atoms with Crippen molar-refractivity contribution in [3.63, 3.8) is 0 Å². The number of aryl methyl sites for hydroxylation is 1. The number of rotatable bonds is 5. The minimum atomic E-state index is -0.103. The fraction of sp³-hybridized carbons (Fsp3) is 0.550. The molecule has 0 bridgehead atoms. The average molecular weight is 403 g/mol. The third-order valence-corrected chi connectivity index (χ3v) is 6.53. The standard InChI is InChI=1S/C20H27FN6S/c1-3-17-24-19(28-25-17)27-12-10-26(11-13-27)18(22-2)23-14-20(8-9-20)15-6-4-5-7-16(15)21/h4-7H,3,8-14H2,1-2H3,(H,22,23). The number of benzene rings is 1. The number of piperazine rings is 1. The molecule has 0 radical (unpaired) electrons. The van der Waals surface area contributed by atoms with Crippen LogP contribution in [0.4, 0.5) is 9.52 Å². The summed E-state index contributed by atoms with van der Waals surface area (Å²) < 4.78 is 18.6. The lowest BCUT2D eigenvalue weighted by atomic mass is 9.95. The largest absolute Gasteiger partial charge is 0.355 e. The summed E-state index contributed by atoms with van der Waals surface area (Å²) in [5, 5.41) is 4.51. The summed E-state index contributed by atoms with van der Waals surface area (Å²) in [6, 6.07) is 7.14. The number of hydrogen-bond donors (Lipinski definition) is 1. The molecule has 1 aromatic heterocycles. The molecule has 0 atom stereocenters. The van der Waals surface area contributed by atoms with E-state index in [-0.39, 0.29) is 11.2 Å². The zero-order valence-electron chi connectivity index (χ0n) is 16.5. The lowest BCUT2D eigenvalue weighted by Crippen LogP contribution is -2.53. The maximum Gasteiger partial charge on any atom is 0.205 e. The SMILES string of the molecule is CCc1nsc(N2CCN(C(=NC)NCC3(c4ccccc4F)CC3)CC2)n1. The molecule has 1 aromatic carbocycles. The lowest BCUT2D eigenvalue weighted by Gasteiger charge is -2.36. The van der Waals surface area contributed by atoms with Crippen molar-refractivity contribution in [1.29, 1.82) is 0 Å². The first-order chi connectivity index (χ1) is 13.6. The van der Waals surface area contributed by atoms with E-state index in [2.05, 4.69) is 36.4 Å². The van der Waals surface area contributed by atoms with Crippen LogP contribution in [0.5, 0.6) is 0 Å². The number of hydrogen-bond acceptors (Lipinski definition) is 5. The van der Waals surface area contributed by atoms with Crippen molar-refractivity contribution in [3.05, 3.63) is 41.5 Å². The number of nitrogens with zero attached hydrogens (tertiary/aromatic N) is 5. The van der Waals surface area contributed by atoms with E-state index < -0.39 is 0 Å². The van der Waals surface area contributed by atoms with Crippen LogP contribution in [0.2, 0.25) is 0 Å². The van der Waals surface area contributed by atoms with Crippen LogP contribution >= 0.6 is 11.5 Å². The summed E-state index contributed by atoms with van der Waals surface area (Å²) in [6.45, 7) is 6.36. The van der Waals surface area contributed by atoms with Crippen LogP contribution in [-0.2, 0) is 11.8 Å². The highest BCUT2D eigenvalue weighted by Gasteiger charge is 2.46. The Bertz CT molecular complexity index is 839. The zero-order valence-corrected chi connectivity index (χ0v) is 17.3. The van der Waals surface area contributed by atoms with Crippen LogP contribution < -0.4 is 10.2 Å². The van der Waals surface area contributed by atoms with Crippen LogP contribution in [0.25, 0.3) is 0 Å². The molecule has 1 aliphatic heterocycles. The average Bonchev–Trinajstić information content (AvgIpc) is 3.35. The highest BCUT2D eigenvalue weighted by Crippen LogP contribution is 2.48. The van der Waals surface area contributed by atoms with Gasteiger partial charge < -0.3 is 15.1 Å². The van der Waals surface area contributed by atoms with Crippen molar-refractivity contribution in [2.45, 2.75) is 31.6 Å². The van der Waals surface area contributed by atoms with Gasteiger partial charge in [0.15, 0.2) is 5.96 Å². The third-order valence-electron chi connectivity index (χ3n) is 5.72. The second-order valence-corrected chi connectivity index (χ2v) is 8.21. The quantitative estimate of drug-likeness (QED) is 0.616. The van der Waals surface area contributed by atoms with E-state index in [1.54, 1.807) is 12.1 Å². The Morgan fingerprint density at radius 2 is 2.00 bits per heavy atom. The van der Waals surface area contributed by atoms with Gasteiger partial charge in [-0.05, 0) is 24.5 Å². The first kappa shape index (κ1) is 19.1. The Labute approximate surface area is 169 Å². The second kappa shape index (κ2) is 8.03. The smallest absolute Gasteiger partial charge is 0.205 e. The molecule has 2 fully saturated rings. The van der Waals surface area contributed by atoms with E-state index in [0.29, 0.717) is 0 Å². The van der Waals surface area contributed by atoms with Crippen LogP contribution in [-0.4, -0.2) is 60.0 Å². The molecular formula is C20H27FN6S. The second-order valence-electron chi connectivity index (χ2n) is 7.48. The van der Waals surface area contributed by atoms with E-state index in [1.807, 2.05) is 19.2 Å². The zero-order chi connectivity index (χ0) is 19.6. The van der Waals surface area contributed by atoms with Crippen molar-refractivity contribution in [3.8, 4) is 0 Å². The predicted molar refractivity (Wildman–Crippen MR) is 112 cm³/mol. The summed E-state index contributed by atoms with van der Waals surface area (Å²) in [6.07, 6.45) is 2.90. The fourth-order valence-electron chi connectivity index (χ4n) is 3.79. The number of halogens is 1. The van der Waals surface area contributed by atoms with Gasteiger partial charge in [-0.3, -0.25) is 4.99 Å². The Kier molecular flexibility index (Phi) is 5.48. The Balaban J connectivity index is 1.34. The third kappa shape index (κ3) is 3.83. The van der Waals surface area contributed by atoms with Crippen LogP contribution in [0, 0.1) is 5.82 Å². The maximum absolute atomic E-state index is 14.2. The van der Waals surface area contributed by atoms with Crippen LogP contribution in [0.3, 0.4) is 0 Å². The molecule has 8 heteroatoms. The number of anilines is 1. The van der Waals surface area contributed by atoms with Gasteiger partial charge in [0, 0.05) is 63.1 Å². The van der Waals surface area contributed by atoms with E-state index in [0.717, 1.165) is 74.5 Å². The Morgan fingerprint density at radius 3 is 2.61 bits per heavy atom.